The predicted molar refractivity (Wildman–Crippen MR) is 67.8 cm³/mol. The minimum absolute atomic E-state index is 0.0672. The second-order valence-corrected chi connectivity index (χ2v) is 7.19. The van der Waals surface area contributed by atoms with Gasteiger partial charge in [-0.2, -0.15) is 17.0 Å². The zero-order valence-electron chi connectivity index (χ0n) is 11.2. The fourth-order valence-corrected chi connectivity index (χ4v) is 4.45. The highest BCUT2D eigenvalue weighted by atomic mass is 32.2. The van der Waals surface area contributed by atoms with Crippen molar-refractivity contribution < 1.29 is 23.1 Å². The van der Waals surface area contributed by atoms with Crippen LogP contribution in [0.4, 0.5) is 0 Å². The van der Waals surface area contributed by atoms with Gasteiger partial charge in [-0.25, -0.2) is 0 Å². The van der Waals surface area contributed by atoms with E-state index in [0.717, 1.165) is 0 Å². The second kappa shape index (κ2) is 5.35. The van der Waals surface area contributed by atoms with E-state index in [9.17, 15) is 13.2 Å². The molecule has 0 bridgehead atoms. The Labute approximate surface area is 113 Å². The van der Waals surface area contributed by atoms with Crippen LogP contribution >= 0.6 is 0 Å². The van der Waals surface area contributed by atoms with Gasteiger partial charge < -0.3 is 9.84 Å². The lowest BCUT2D eigenvalue weighted by Crippen LogP contribution is -2.52. The molecule has 0 aromatic rings. The first-order chi connectivity index (χ1) is 8.80. The van der Waals surface area contributed by atoms with Gasteiger partial charge in [-0.3, -0.25) is 4.79 Å². The summed E-state index contributed by atoms with van der Waals surface area (Å²) in [7, 11) is -3.57. The third-order valence-electron chi connectivity index (χ3n) is 3.54. The molecule has 7 nitrogen and oxygen atoms in total. The Morgan fingerprint density at radius 1 is 1.16 bits per heavy atom. The molecule has 0 aromatic carbocycles. The highest BCUT2D eigenvalue weighted by Gasteiger charge is 2.40. The third-order valence-corrected chi connectivity index (χ3v) is 5.47. The van der Waals surface area contributed by atoms with Crippen LogP contribution in [0.3, 0.4) is 0 Å². The normalized spacial score (nSPS) is 34.5. The van der Waals surface area contributed by atoms with Crippen molar-refractivity contribution in [3.63, 3.8) is 0 Å². The Kier molecular flexibility index (Phi) is 4.14. The zero-order valence-corrected chi connectivity index (χ0v) is 12.0. The van der Waals surface area contributed by atoms with Crippen molar-refractivity contribution in [2.75, 3.05) is 26.2 Å². The van der Waals surface area contributed by atoms with Crippen LogP contribution in [-0.4, -0.2) is 66.5 Å². The van der Waals surface area contributed by atoms with Crippen LogP contribution in [0, 0.1) is 5.92 Å². The largest absolute Gasteiger partial charge is 0.481 e. The van der Waals surface area contributed by atoms with E-state index in [4.69, 9.17) is 9.84 Å². The summed E-state index contributed by atoms with van der Waals surface area (Å²) >= 11 is 0. The number of nitrogens with zero attached hydrogens (tertiary/aromatic N) is 2. The van der Waals surface area contributed by atoms with E-state index < -0.39 is 22.1 Å². The van der Waals surface area contributed by atoms with Crippen LogP contribution in [0.1, 0.15) is 20.3 Å². The fourth-order valence-electron chi connectivity index (χ4n) is 2.62. The van der Waals surface area contributed by atoms with E-state index in [2.05, 4.69) is 0 Å². The summed E-state index contributed by atoms with van der Waals surface area (Å²) in [5.41, 5.74) is 0. The molecule has 0 radical (unpaired) electrons. The molecular weight excluding hydrogens is 272 g/mol. The number of carbonyl (C=O) groups is 1. The summed E-state index contributed by atoms with van der Waals surface area (Å²) in [6.07, 6.45) is 0.0945. The molecule has 2 heterocycles. The van der Waals surface area contributed by atoms with Crippen molar-refractivity contribution in [1.82, 2.24) is 8.61 Å². The molecule has 0 aliphatic carbocycles. The molecule has 0 unspecified atom stereocenters. The molecule has 3 atom stereocenters. The predicted octanol–water partition coefficient (Wildman–Crippen LogP) is -0.253. The first-order valence-corrected chi connectivity index (χ1v) is 7.84. The summed E-state index contributed by atoms with van der Waals surface area (Å²) in [6, 6.07) is 0. The lowest BCUT2D eigenvalue weighted by molar-refractivity contribution is -0.141. The molecule has 2 rings (SSSR count). The summed E-state index contributed by atoms with van der Waals surface area (Å²) in [5, 5.41) is 8.94. The van der Waals surface area contributed by atoms with Gasteiger partial charge in [0, 0.05) is 26.2 Å². The molecule has 2 fully saturated rings. The molecule has 0 amide bonds. The average Bonchev–Trinajstić information content (AvgIpc) is 2.77. The smallest absolute Gasteiger partial charge is 0.307 e. The van der Waals surface area contributed by atoms with Crippen LogP contribution in [0.25, 0.3) is 0 Å². The van der Waals surface area contributed by atoms with Gasteiger partial charge >= 0.3 is 5.97 Å². The topological polar surface area (TPSA) is 87.2 Å². The van der Waals surface area contributed by atoms with Crippen LogP contribution in [0.15, 0.2) is 0 Å². The SMILES string of the molecule is C[C@@H]1CN(S(=O)(=O)N2CC[C@@H](C(=O)O)C2)C[C@@H](C)O1. The summed E-state index contributed by atoms with van der Waals surface area (Å²) in [4.78, 5) is 10.9. The standard InChI is InChI=1S/C11H20N2O5S/c1-8-5-13(6-9(2)18-8)19(16,17)12-4-3-10(7-12)11(14)15/h8-10H,3-7H2,1-2H3,(H,14,15)/t8-,9-,10-/m1/s1. The first kappa shape index (κ1) is 14.7. The molecule has 0 spiro atoms. The van der Waals surface area contributed by atoms with E-state index >= 15 is 0 Å². The number of carboxylic acids is 1. The second-order valence-electron chi connectivity index (χ2n) is 5.26. The Morgan fingerprint density at radius 2 is 1.74 bits per heavy atom. The van der Waals surface area contributed by atoms with Crippen molar-refractivity contribution in [3.8, 4) is 0 Å². The molecule has 2 saturated heterocycles. The maximum absolute atomic E-state index is 12.5. The van der Waals surface area contributed by atoms with E-state index in [1.165, 1.54) is 8.61 Å². The number of hydrogen-bond acceptors (Lipinski definition) is 4. The van der Waals surface area contributed by atoms with Gasteiger partial charge in [0.2, 0.25) is 0 Å². The van der Waals surface area contributed by atoms with Crippen molar-refractivity contribution in [2.45, 2.75) is 32.5 Å². The van der Waals surface area contributed by atoms with E-state index in [1.807, 2.05) is 13.8 Å². The lowest BCUT2D eigenvalue weighted by Gasteiger charge is -2.36. The summed E-state index contributed by atoms with van der Waals surface area (Å²) < 4.78 is 33.1. The third kappa shape index (κ3) is 3.07. The van der Waals surface area contributed by atoms with Crippen LogP contribution in [0.2, 0.25) is 0 Å². The van der Waals surface area contributed by atoms with Crippen LogP contribution < -0.4 is 0 Å². The number of hydrogen-bond donors (Lipinski definition) is 1. The summed E-state index contributed by atoms with van der Waals surface area (Å²) in [5.74, 6) is -1.52. The zero-order chi connectivity index (χ0) is 14.2. The van der Waals surface area contributed by atoms with Gasteiger partial charge in [-0.15, -0.1) is 0 Å². The van der Waals surface area contributed by atoms with Gasteiger partial charge in [-0.1, -0.05) is 0 Å². The Balaban J connectivity index is 2.08. The molecular formula is C11H20N2O5S. The van der Waals surface area contributed by atoms with Gasteiger partial charge in [0.15, 0.2) is 0 Å². The maximum Gasteiger partial charge on any atom is 0.307 e. The number of ether oxygens (including phenoxy) is 1. The van der Waals surface area contributed by atoms with Gasteiger partial charge in [-0.05, 0) is 20.3 Å². The van der Waals surface area contributed by atoms with Crippen molar-refractivity contribution in [1.29, 1.82) is 0 Å². The lowest BCUT2D eigenvalue weighted by atomic mass is 10.1. The Bertz CT molecular complexity index is 442. The van der Waals surface area contributed by atoms with Crippen LogP contribution in [-0.2, 0) is 19.7 Å². The molecule has 1 N–H and O–H groups in total. The van der Waals surface area contributed by atoms with Gasteiger partial charge in [0.1, 0.15) is 0 Å². The quantitative estimate of drug-likeness (QED) is 0.775. The monoisotopic (exact) mass is 292 g/mol. The first-order valence-electron chi connectivity index (χ1n) is 6.44. The molecule has 0 saturated carbocycles. The molecule has 8 heteroatoms. The number of rotatable bonds is 3. The molecule has 2 aliphatic heterocycles. The van der Waals surface area contributed by atoms with Gasteiger partial charge in [0.05, 0.1) is 18.1 Å². The molecule has 110 valence electrons. The Morgan fingerprint density at radius 3 is 2.21 bits per heavy atom. The van der Waals surface area contributed by atoms with Crippen molar-refractivity contribution in [2.24, 2.45) is 5.92 Å². The minimum Gasteiger partial charge on any atom is -0.481 e. The van der Waals surface area contributed by atoms with E-state index in [-0.39, 0.29) is 25.3 Å². The van der Waals surface area contributed by atoms with E-state index in [0.29, 0.717) is 19.5 Å². The molecule has 0 aromatic heterocycles. The van der Waals surface area contributed by atoms with Crippen molar-refractivity contribution in [3.05, 3.63) is 0 Å². The van der Waals surface area contributed by atoms with Crippen LogP contribution in [0.5, 0.6) is 0 Å². The minimum atomic E-state index is -3.57. The van der Waals surface area contributed by atoms with Crippen molar-refractivity contribution >= 4 is 16.2 Å². The van der Waals surface area contributed by atoms with Gasteiger partial charge in [0.25, 0.3) is 10.2 Å². The number of carboxylic acid groups (broad SMARTS) is 1. The Hall–Kier alpha value is -0.700. The maximum atomic E-state index is 12.5. The number of morpholine rings is 1. The average molecular weight is 292 g/mol. The fraction of sp³-hybridized carbons (Fsp3) is 0.909. The molecule has 19 heavy (non-hydrogen) atoms. The molecule has 2 aliphatic rings. The van der Waals surface area contributed by atoms with E-state index in [1.54, 1.807) is 0 Å². The highest BCUT2D eigenvalue weighted by molar-refractivity contribution is 7.86. The highest BCUT2D eigenvalue weighted by Crippen LogP contribution is 2.24. The number of aliphatic carboxylic acids is 1. The summed E-state index contributed by atoms with van der Waals surface area (Å²) in [6.45, 7) is 4.66.